The van der Waals surface area contributed by atoms with Crippen LogP contribution < -0.4 is 21.9 Å². The molecule has 0 saturated carbocycles. The average molecular weight is 437 g/mol. The molecule has 3 rings (SSSR count). The molecule has 1 unspecified atom stereocenters. The molecular weight excluding hydrogens is 400 g/mol. The number of aromatic nitrogens is 1. The largest absolute Gasteiger partial charge is 0.389 e. The van der Waals surface area contributed by atoms with Crippen molar-refractivity contribution in [2.75, 3.05) is 12.5 Å². The summed E-state index contributed by atoms with van der Waals surface area (Å²) in [6, 6.07) is 7.93. The number of hydrogen-bond acceptors (Lipinski definition) is 6. The molecule has 5 N–H and O–H groups in total. The summed E-state index contributed by atoms with van der Waals surface area (Å²) in [5.74, 6) is -0.916. The van der Waals surface area contributed by atoms with E-state index < -0.39 is 11.8 Å². The highest BCUT2D eigenvalue weighted by Crippen LogP contribution is 2.35. The number of anilines is 1. The van der Waals surface area contributed by atoms with Crippen LogP contribution in [0.3, 0.4) is 0 Å². The Bertz CT molecular complexity index is 979. The second-order valence-corrected chi connectivity index (χ2v) is 7.84. The lowest BCUT2D eigenvalue weighted by molar-refractivity contribution is -0.120. The van der Waals surface area contributed by atoms with Gasteiger partial charge in [-0.1, -0.05) is 38.8 Å². The van der Waals surface area contributed by atoms with Gasteiger partial charge in [-0.15, -0.1) is 0 Å². The zero-order valence-corrected chi connectivity index (χ0v) is 20.0. The highest BCUT2D eigenvalue weighted by molar-refractivity contribution is 6.02. The molecule has 2 aromatic rings. The maximum Gasteiger partial charge on any atom is 0.226 e. The van der Waals surface area contributed by atoms with Crippen molar-refractivity contribution in [3.05, 3.63) is 64.6 Å². The Balaban J connectivity index is 0.000000837. The molecular formula is C25H36N6O. The fraction of sp³-hybridized carbons (Fsp3) is 0.400. The molecule has 2 heterocycles. The minimum Gasteiger partial charge on any atom is -0.389 e. The van der Waals surface area contributed by atoms with Gasteiger partial charge in [-0.05, 0) is 38.5 Å². The number of nitrogens with zero attached hydrogens (tertiary/aromatic N) is 2. The molecule has 1 aliphatic heterocycles. The molecule has 1 aromatic carbocycles. The predicted molar refractivity (Wildman–Crippen MR) is 133 cm³/mol. The number of rotatable bonds is 7. The summed E-state index contributed by atoms with van der Waals surface area (Å²) in [6.07, 6.45) is 6.14. The number of carbonyl (C=O) groups excluding carboxylic acids is 1. The third-order valence-corrected chi connectivity index (χ3v) is 5.49. The number of primary amides is 1. The maximum absolute atomic E-state index is 12.0. The van der Waals surface area contributed by atoms with Crippen molar-refractivity contribution in [1.29, 1.82) is 0 Å². The molecule has 0 fully saturated rings. The summed E-state index contributed by atoms with van der Waals surface area (Å²) in [5.41, 5.74) is 19.3. The van der Waals surface area contributed by atoms with Gasteiger partial charge in [0.05, 0.1) is 17.3 Å². The van der Waals surface area contributed by atoms with E-state index in [0.717, 1.165) is 39.3 Å². The molecule has 0 radical (unpaired) electrons. The van der Waals surface area contributed by atoms with Gasteiger partial charge in [-0.2, -0.15) is 0 Å². The number of benzene rings is 1. The highest BCUT2D eigenvalue weighted by Gasteiger charge is 2.25. The fourth-order valence-electron chi connectivity index (χ4n) is 3.37. The molecule has 0 spiro atoms. The number of hydrogen-bond donors (Lipinski definition) is 4. The SMILES string of the molecule is CCCC.CN/C(=C(/N=C(C)c1cccnc1)c1c(C)ccc2c1CNN2)C(C)C(N)=O. The maximum atomic E-state index is 12.0. The van der Waals surface area contributed by atoms with Gasteiger partial charge >= 0.3 is 0 Å². The van der Waals surface area contributed by atoms with Crippen LogP contribution in [0.2, 0.25) is 0 Å². The summed E-state index contributed by atoms with van der Waals surface area (Å²) in [4.78, 5) is 21.1. The molecule has 0 saturated heterocycles. The van der Waals surface area contributed by atoms with Crippen molar-refractivity contribution in [3.63, 3.8) is 0 Å². The summed E-state index contributed by atoms with van der Waals surface area (Å²) in [7, 11) is 1.79. The van der Waals surface area contributed by atoms with E-state index in [0.29, 0.717) is 12.2 Å². The van der Waals surface area contributed by atoms with E-state index in [1.807, 2.05) is 38.1 Å². The highest BCUT2D eigenvalue weighted by atomic mass is 16.1. The number of pyridine rings is 1. The summed E-state index contributed by atoms with van der Waals surface area (Å²) < 4.78 is 0. The van der Waals surface area contributed by atoms with Crippen molar-refractivity contribution in [2.24, 2.45) is 16.6 Å². The quantitative estimate of drug-likeness (QED) is 0.488. The van der Waals surface area contributed by atoms with Crippen molar-refractivity contribution in [3.8, 4) is 0 Å². The van der Waals surface area contributed by atoms with Crippen LogP contribution in [0.4, 0.5) is 5.69 Å². The van der Waals surface area contributed by atoms with Gasteiger partial charge in [-0.25, -0.2) is 5.43 Å². The number of hydrazine groups is 1. The van der Waals surface area contributed by atoms with Crippen LogP contribution in [0.15, 0.2) is 47.3 Å². The first-order valence-electron chi connectivity index (χ1n) is 11.1. The molecule has 7 heteroatoms. The molecule has 7 nitrogen and oxygen atoms in total. The monoisotopic (exact) mass is 436 g/mol. The Hall–Kier alpha value is -3.19. The van der Waals surface area contributed by atoms with E-state index in [-0.39, 0.29) is 0 Å². The minimum atomic E-state index is -0.511. The van der Waals surface area contributed by atoms with E-state index >= 15 is 0 Å². The first-order valence-corrected chi connectivity index (χ1v) is 11.1. The zero-order chi connectivity index (χ0) is 23.7. The van der Waals surface area contributed by atoms with Crippen LogP contribution in [0.1, 0.15) is 62.8 Å². The van der Waals surface area contributed by atoms with E-state index in [1.54, 1.807) is 26.4 Å². The Labute approximate surface area is 191 Å². The number of nitrogens with one attached hydrogen (secondary N) is 3. The molecule has 1 aromatic heterocycles. The number of nitrogens with two attached hydrogens (primary N) is 1. The van der Waals surface area contributed by atoms with E-state index in [4.69, 9.17) is 10.7 Å². The Kier molecular flexibility index (Phi) is 9.40. The number of unbranched alkanes of at least 4 members (excludes halogenated alkanes) is 1. The average Bonchev–Trinajstić information content (AvgIpc) is 3.28. The Morgan fingerprint density at radius 1 is 1.28 bits per heavy atom. The smallest absolute Gasteiger partial charge is 0.226 e. The van der Waals surface area contributed by atoms with E-state index in [9.17, 15) is 4.79 Å². The molecule has 0 bridgehead atoms. The van der Waals surface area contributed by atoms with Gasteiger partial charge < -0.3 is 16.5 Å². The van der Waals surface area contributed by atoms with Crippen LogP contribution in [-0.2, 0) is 11.3 Å². The number of aryl methyl sites for hydroxylation is 1. The first-order chi connectivity index (χ1) is 15.3. The topological polar surface area (TPSA) is 104 Å². The Morgan fingerprint density at radius 3 is 2.56 bits per heavy atom. The zero-order valence-electron chi connectivity index (χ0n) is 20.0. The third-order valence-electron chi connectivity index (χ3n) is 5.49. The lowest BCUT2D eigenvalue weighted by Crippen LogP contribution is -2.28. The van der Waals surface area contributed by atoms with Crippen LogP contribution in [0, 0.1) is 12.8 Å². The molecule has 172 valence electrons. The summed E-state index contributed by atoms with van der Waals surface area (Å²) >= 11 is 0. The number of aliphatic imine (C=N–C) groups is 1. The molecule has 1 amide bonds. The van der Waals surface area contributed by atoms with Gasteiger partial charge in [0.25, 0.3) is 0 Å². The molecule has 32 heavy (non-hydrogen) atoms. The second kappa shape index (κ2) is 12.0. The molecule has 1 atom stereocenters. The van der Waals surface area contributed by atoms with Crippen LogP contribution in [0.25, 0.3) is 5.70 Å². The Morgan fingerprint density at radius 2 is 2.00 bits per heavy atom. The second-order valence-electron chi connectivity index (χ2n) is 7.84. The van der Waals surface area contributed by atoms with Crippen molar-refractivity contribution >= 4 is 23.0 Å². The predicted octanol–water partition coefficient (Wildman–Crippen LogP) is 4.15. The van der Waals surface area contributed by atoms with Gasteiger partial charge in [0, 0.05) is 54.1 Å². The van der Waals surface area contributed by atoms with Crippen LogP contribution in [0.5, 0.6) is 0 Å². The standard InChI is InChI=1S/C21H26N6O.C4H10/c1-12-7-8-17-16(11-25-27-17)18(12)20(19(23-4)13(2)21(22)28)26-14(3)15-6-5-9-24-10-15;1-3-4-2/h5-10,13,23,25,27H,11H2,1-4H3,(H2,22,28);3-4H2,1-2H3/b20-19+,26-14?;. The minimum absolute atomic E-state index is 0.405. The van der Waals surface area contributed by atoms with Gasteiger partial charge in [0.1, 0.15) is 0 Å². The van der Waals surface area contributed by atoms with Gasteiger partial charge in [0.2, 0.25) is 5.91 Å². The van der Waals surface area contributed by atoms with Crippen LogP contribution in [-0.4, -0.2) is 23.7 Å². The van der Waals surface area contributed by atoms with E-state index in [1.165, 1.54) is 12.8 Å². The molecule has 1 aliphatic rings. The fourth-order valence-corrected chi connectivity index (χ4v) is 3.37. The summed E-state index contributed by atoms with van der Waals surface area (Å²) in [5, 5.41) is 3.17. The van der Waals surface area contributed by atoms with Crippen molar-refractivity contribution in [2.45, 2.75) is 54.0 Å². The van der Waals surface area contributed by atoms with Crippen LogP contribution >= 0.6 is 0 Å². The van der Waals surface area contributed by atoms with Gasteiger partial charge in [-0.3, -0.25) is 14.8 Å². The van der Waals surface area contributed by atoms with Gasteiger partial charge in [0.15, 0.2) is 0 Å². The van der Waals surface area contributed by atoms with Crippen molar-refractivity contribution < 1.29 is 4.79 Å². The summed E-state index contributed by atoms with van der Waals surface area (Å²) in [6.45, 7) is 10.8. The lowest BCUT2D eigenvalue weighted by atomic mass is 9.93. The number of amides is 1. The first kappa shape index (κ1) is 25.1. The van der Waals surface area contributed by atoms with Crippen molar-refractivity contribution in [1.82, 2.24) is 15.7 Å². The lowest BCUT2D eigenvalue weighted by Gasteiger charge is -2.20. The third kappa shape index (κ3) is 5.95. The molecule has 0 aliphatic carbocycles. The van der Waals surface area contributed by atoms with E-state index in [2.05, 4.69) is 35.0 Å². The number of fused-ring (bicyclic) bond motifs is 1. The normalized spacial score (nSPS) is 14.4. The number of carbonyl (C=O) groups is 1.